The number of hydrogen-bond donors (Lipinski definition) is 1. The molecule has 1 aromatic carbocycles. The second-order valence-electron chi connectivity index (χ2n) is 4.86. The Bertz CT molecular complexity index is 763. The molecule has 0 aliphatic carbocycles. The van der Waals surface area contributed by atoms with Crippen LogP contribution in [0.5, 0.6) is 5.88 Å². The van der Waals surface area contributed by atoms with E-state index in [0.717, 1.165) is 0 Å². The molecule has 1 N–H and O–H groups in total. The number of halogens is 3. The Morgan fingerprint density at radius 2 is 1.92 bits per heavy atom. The van der Waals surface area contributed by atoms with E-state index in [4.69, 9.17) is 0 Å². The van der Waals surface area contributed by atoms with Crippen molar-refractivity contribution in [3.05, 3.63) is 63.8 Å². The topological polar surface area (TPSA) is 94.4 Å². The summed E-state index contributed by atoms with van der Waals surface area (Å²) in [6, 6.07) is 7.87. The molecule has 0 radical (unpaired) electrons. The van der Waals surface area contributed by atoms with Crippen molar-refractivity contribution in [2.45, 2.75) is 12.7 Å². The van der Waals surface area contributed by atoms with Crippen molar-refractivity contribution in [1.82, 2.24) is 10.3 Å². The molecule has 1 amide bonds. The molecule has 0 fully saturated rings. The predicted molar refractivity (Wildman–Crippen MR) is 80.1 cm³/mol. The summed E-state index contributed by atoms with van der Waals surface area (Å²) in [6.45, 7) is -1.61. The summed E-state index contributed by atoms with van der Waals surface area (Å²) in [5.41, 5.74) is 0.279. The average molecular weight is 355 g/mol. The van der Waals surface area contributed by atoms with Gasteiger partial charge in [-0.2, -0.15) is 13.2 Å². The highest BCUT2D eigenvalue weighted by molar-refractivity contribution is 5.94. The van der Waals surface area contributed by atoms with Crippen LogP contribution in [-0.4, -0.2) is 28.6 Å². The number of amides is 1. The number of nitro benzene ring substituents is 1. The summed E-state index contributed by atoms with van der Waals surface area (Å²) < 4.78 is 41.3. The monoisotopic (exact) mass is 355 g/mol. The lowest BCUT2D eigenvalue weighted by Gasteiger charge is -2.12. The number of nitro groups is 1. The quantitative estimate of drug-likeness (QED) is 0.635. The van der Waals surface area contributed by atoms with Crippen LogP contribution in [0.1, 0.15) is 15.9 Å². The summed E-state index contributed by atoms with van der Waals surface area (Å²) in [5.74, 6) is -0.774. The van der Waals surface area contributed by atoms with Gasteiger partial charge in [-0.1, -0.05) is 6.07 Å². The third kappa shape index (κ3) is 5.44. The van der Waals surface area contributed by atoms with Gasteiger partial charge < -0.3 is 10.1 Å². The molecule has 0 atom stereocenters. The van der Waals surface area contributed by atoms with Gasteiger partial charge in [-0.3, -0.25) is 14.9 Å². The molecule has 0 unspecified atom stereocenters. The van der Waals surface area contributed by atoms with Crippen LogP contribution in [0, 0.1) is 10.1 Å². The molecule has 0 aliphatic rings. The first kappa shape index (κ1) is 18.2. The Morgan fingerprint density at radius 1 is 1.24 bits per heavy atom. The van der Waals surface area contributed by atoms with E-state index >= 15 is 0 Å². The van der Waals surface area contributed by atoms with Crippen LogP contribution < -0.4 is 10.1 Å². The minimum absolute atomic E-state index is 0.114. The van der Waals surface area contributed by atoms with Crippen LogP contribution in [0.25, 0.3) is 0 Å². The molecule has 0 aliphatic heterocycles. The van der Waals surface area contributed by atoms with E-state index in [1.165, 1.54) is 42.6 Å². The zero-order valence-corrected chi connectivity index (χ0v) is 12.6. The van der Waals surface area contributed by atoms with Gasteiger partial charge in [0.2, 0.25) is 5.88 Å². The number of hydrogen-bond acceptors (Lipinski definition) is 5. The maximum atomic E-state index is 12.2. The van der Waals surface area contributed by atoms with E-state index in [-0.39, 0.29) is 29.2 Å². The van der Waals surface area contributed by atoms with Gasteiger partial charge in [0.25, 0.3) is 11.6 Å². The summed E-state index contributed by atoms with van der Waals surface area (Å²) in [4.78, 5) is 25.7. The number of carbonyl (C=O) groups is 1. The Kier molecular flexibility index (Phi) is 5.52. The van der Waals surface area contributed by atoms with E-state index in [9.17, 15) is 28.1 Å². The van der Waals surface area contributed by atoms with Crippen LogP contribution in [0.3, 0.4) is 0 Å². The smallest absolute Gasteiger partial charge is 0.422 e. The van der Waals surface area contributed by atoms with Crippen molar-refractivity contribution in [2.24, 2.45) is 0 Å². The highest BCUT2D eigenvalue weighted by atomic mass is 19.4. The van der Waals surface area contributed by atoms with Gasteiger partial charge in [0, 0.05) is 36.0 Å². The minimum Gasteiger partial charge on any atom is -0.468 e. The molecular weight excluding hydrogens is 343 g/mol. The van der Waals surface area contributed by atoms with Gasteiger partial charge in [0.05, 0.1) is 4.92 Å². The van der Waals surface area contributed by atoms with Crippen molar-refractivity contribution in [3.8, 4) is 5.88 Å². The number of nitrogens with one attached hydrogen (secondary N) is 1. The molecule has 132 valence electrons. The number of alkyl halides is 3. The number of ether oxygens (including phenoxy) is 1. The standard InChI is InChI=1S/C15H12F3N3O4/c16-15(17,18)9-25-14-11(2-1-7-19-14)8-20-13(22)10-3-5-12(6-4-10)21(23)24/h1-7H,8-9H2,(H,20,22). The molecule has 7 nitrogen and oxygen atoms in total. The van der Waals surface area contributed by atoms with E-state index in [1.54, 1.807) is 0 Å². The second kappa shape index (κ2) is 7.60. The van der Waals surface area contributed by atoms with Crippen LogP contribution in [0.4, 0.5) is 18.9 Å². The highest BCUT2D eigenvalue weighted by Crippen LogP contribution is 2.20. The number of pyridine rings is 1. The first-order valence-electron chi connectivity index (χ1n) is 6.92. The molecular formula is C15H12F3N3O4. The average Bonchev–Trinajstić information content (AvgIpc) is 2.58. The van der Waals surface area contributed by atoms with E-state index < -0.39 is 23.6 Å². The third-order valence-electron chi connectivity index (χ3n) is 3.00. The number of benzene rings is 1. The van der Waals surface area contributed by atoms with E-state index in [0.29, 0.717) is 0 Å². The van der Waals surface area contributed by atoms with Crippen LogP contribution in [0.2, 0.25) is 0 Å². The van der Waals surface area contributed by atoms with Gasteiger partial charge in [0.1, 0.15) is 0 Å². The van der Waals surface area contributed by atoms with Crippen molar-refractivity contribution in [1.29, 1.82) is 0 Å². The Labute approximate surface area is 139 Å². The van der Waals surface area contributed by atoms with Gasteiger partial charge in [-0.25, -0.2) is 4.98 Å². The van der Waals surface area contributed by atoms with Crippen LogP contribution in [-0.2, 0) is 6.54 Å². The van der Waals surface area contributed by atoms with E-state index in [1.807, 2.05) is 0 Å². The van der Waals surface area contributed by atoms with Gasteiger partial charge in [-0.05, 0) is 18.2 Å². The number of carbonyl (C=O) groups excluding carboxylic acids is 1. The van der Waals surface area contributed by atoms with E-state index in [2.05, 4.69) is 15.0 Å². The first-order valence-corrected chi connectivity index (χ1v) is 6.92. The molecule has 0 saturated carbocycles. The van der Waals surface area contributed by atoms with Gasteiger partial charge in [-0.15, -0.1) is 0 Å². The van der Waals surface area contributed by atoms with Crippen molar-refractivity contribution >= 4 is 11.6 Å². The summed E-state index contributed by atoms with van der Waals surface area (Å²) >= 11 is 0. The lowest BCUT2D eigenvalue weighted by Crippen LogP contribution is -2.24. The molecule has 0 spiro atoms. The highest BCUT2D eigenvalue weighted by Gasteiger charge is 2.29. The van der Waals surface area contributed by atoms with Crippen LogP contribution >= 0.6 is 0 Å². The molecule has 1 aromatic heterocycles. The first-order chi connectivity index (χ1) is 11.8. The SMILES string of the molecule is O=C(NCc1cccnc1OCC(F)(F)F)c1ccc([N+](=O)[O-])cc1. The Hall–Kier alpha value is -3.17. The molecule has 2 rings (SSSR count). The van der Waals surface area contributed by atoms with Gasteiger partial charge in [0.15, 0.2) is 6.61 Å². The zero-order chi connectivity index (χ0) is 18.4. The number of non-ortho nitro benzene ring substituents is 1. The molecule has 1 heterocycles. The molecule has 10 heteroatoms. The summed E-state index contributed by atoms with van der Waals surface area (Å²) in [5, 5.41) is 13.1. The maximum absolute atomic E-state index is 12.2. The maximum Gasteiger partial charge on any atom is 0.422 e. The lowest BCUT2D eigenvalue weighted by molar-refractivity contribution is -0.384. The number of aromatic nitrogens is 1. The number of rotatable bonds is 6. The number of nitrogens with zero attached hydrogens (tertiary/aromatic N) is 2. The summed E-state index contributed by atoms with van der Waals surface area (Å²) in [7, 11) is 0. The fourth-order valence-electron chi connectivity index (χ4n) is 1.85. The fraction of sp³-hybridized carbons (Fsp3) is 0.200. The molecule has 0 saturated heterocycles. The van der Waals surface area contributed by atoms with Crippen molar-refractivity contribution in [3.63, 3.8) is 0 Å². The predicted octanol–water partition coefficient (Wildman–Crippen LogP) is 2.86. The summed E-state index contributed by atoms with van der Waals surface area (Å²) in [6.07, 6.45) is -3.23. The van der Waals surface area contributed by atoms with Crippen molar-refractivity contribution in [2.75, 3.05) is 6.61 Å². The molecule has 25 heavy (non-hydrogen) atoms. The minimum atomic E-state index is -4.50. The lowest BCUT2D eigenvalue weighted by atomic mass is 10.2. The second-order valence-corrected chi connectivity index (χ2v) is 4.86. The normalized spacial score (nSPS) is 11.0. The molecule has 2 aromatic rings. The van der Waals surface area contributed by atoms with Gasteiger partial charge >= 0.3 is 6.18 Å². The molecule has 0 bridgehead atoms. The third-order valence-corrected chi connectivity index (χ3v) is 3.00. The Morgan fingerprint density at radius 3 is 2.52 bits per heavy atom. The van der Waals surface area contributed by atoms with Crippen LogP contribution in [0.15, 0.2) is 42.6 Å². The zero-order valence-electron chi connectivity index (χ0n) is 12.6. The fourth-order valence-corrected chi connectivity index (χ4v) is 1.85. The van der Waals surface area contributed by atoms with Crippen molar-refractivity contribution < 1.29 is 27.6 Å². The largest absolute Gasteiger partial charge is 0.468 e. The Balaban J connectivity index is 2.01.